The molecule has 3 aromatic heterocycles. The van der Waals surface area contributed by atoms with Crippen molar-refractivity contribution in [2.24, 2.45) is 0 Å². The van der Waals surface area contributed by atoms with E-state index in [-0.39, 0.29) is 36.4 Å². The van der Waals surface area contributed by atoms with E-state index < -0.39 is 0 Å². The number of aromatic nitrogens is 4. The second-order valence-corrected chi connectivity index (χ2v) is 11.0. The van der Waals surface area contributed by atoms with Gasteiger partial charge in [0.2, 0.25) is 5.91 Å². The van der Waals surface area contributed by atoms with Crippen LogP contribution in [0.2, 0.25) is 0 Å². The molecule has 200 valence electrons. The van der Waals surface area contributed by atoms with E-state index in [1.165, 1.54) is 0 Å². The molecule has 0 saturated carbocycles. The predicted octanol–water partition coefficient (Wildman–Crippen LogP) is 5.75. The number of Topliss-reactive ketones (excluding diaryl/α,β-unsaturated/α-hetero) is 1. The molecule has 0 spiro atoms. The van der Waals surface area contributed by atoms with Crippen LogP contribution in [0.25, 0.3) is 16.6 Å². The quantitative estimate of drug-likeness (QED) is 0.287. The number of pyridine rings is 2. The van der Waals surface area contributed by atoms with Gasteiger partial charge in [0.05, 0.1) is 29.0 Å². The van der Waals surface area contributed by atoms with Crippen molar-refractivity contribution < 1.29 is 14.3 Å². The molecule has 1 aliphatic heterocycles. The van der Waals surface area contributed by atoms with Gasteiger partial charge in [0.25, 0.3) is 0 Å². The Morgan fingerprint density at radius 3 is 2.58 bits per heavy atom. The number of nitrogens with one attached hydrogen (secondary N) is 1. The normalized spacial score (nSPS) is 12.8. The third kappa shape index (κ3) is 4.96. The highest BCUT2D eigenvalue weighted by molar-refractivity contribution is 5.99. The zero-order chi connectivity index (χ0) is 27.9. The molecule has 8 nitrogen and oxygen atoms in total. The highest BCUT2D eigenvalue weighted by Gasteiger charge is 2.24. The maximum atomic E-state index is 13.5. The number of hydrogen-bond donors (Lipinski definition) is 1. The number of ether oxygens (including phenoxy) is 1. The number of para-hydroxylation sites is 1. The Bertz CT molecular complexity index is 1750. The van der Waals surface area contributed by atoms with E-state index >= 15 is 0 Å². The number of amides is 1. The van der Waals surface area contributed by atoms with Crippen molar-refractivity contribution in [3.05, 3.63) is 102 Å². The van der Waals surface area contributed by atoms with Crippen LogP contribution in [0.15, 0.2) is 79.1 Å². The summed E-state index contributed by atoms with van der Waals surface area (Å²) < 4.78 is 8.14. The zero-order valence-electron chi connectivity index (χ0n) is 22.6. The first-order chi connectivity index (χ1) is 19.3. The molecule has 40 heavy (non-hydrogen) atoms. The average molecular weight is 532 g/mol. The summed E-state index contributed by atoms with van der Waals surface area (Å²) in [5, 5.41) is 8.39. The van der Waals surface area contributed by atoms with Gasteiger partial charge in [0, 0.05) is 41.6 Å². The molecule has 4 heterocycles. The van der Waals surface area contributed by atoms with Gasteiger partial charge in [0.1, 0.15) is 23.1 Å². The molecule has 1 amide bonds. The van der Waals surface area contributed by atoms with Crippen LogP contribution in [0.5, 0.6) is 11.5 Å². The van der Waals surface area contributed by atoms with Crippen LogP contribution in [-0.2, 0) is 34.3 Å². The molecule has 1 aliphatic rings. The molecular weight excluding hydrogens is 502 g/mol. The smallest absolute Gasteiger partial charge is 0.230 e. The van der Waals surface area contributed by atoms with E-state index in [0.717, 1.165) is 33.6 Å². The van der Waals surface area contributed by atoms with E-state index in [2.05, 4.69) is 36.1 Å². The van der Waals surface area contributed by atoms with Crippen molar-refractivity contribution in [2.45, 2.75) is 45.4 Å². The van der Waals surface area contributed by atoms with Crippen molar-refractivity contribution in [3.63, 3.8) is 0 Å². The highest BCUT2D eigenvalue weighted by atomic mass is 16.5. The standard InChI is InChI=1S/C32H29N5O3/c1-32(2,3)28-18-22(37(36-28)21-8-5-4-6-9-21)17-23(38)16-20-11-12-26(24-10-7-14-33-30(20)24)40-27-13-15-34-31-25(27)19-29(39)35-31/h4-15,18H,16-17,19H2,1-3H3,(H,34,35,39). The van der Waals surface area contributed by atoms with Crippen molar-refractivity contribution in [1.82, 2.24) is 19.7 Å². The maximum absolute atomic E-state index is 13.5. The van der Waals surface area contributed by atoms with E-state index in [9.17, 15) is 9.59 Å². The number of nitrogens with zero attached hydrogens (tertiary/aromatic N) is 4. The van der Waals surface area contributed by atoms with Crippen LogP contribution >= 0.6 is 0 Å². The van der Waals surface area contributed by atoms with Crippen LogP contribution in [0, 0.1) is 0 Å². The third-order valence-corrected chi connectivity index (χ3v) is 6.96. The zero-order valence-corrected chi connectivity index (χ0v) is 22.6. The molecule has 0 unspecified atom stereocenters. The highest BCUT2D eigenvalue weighted by Crippen LogP contribution is 2.36. The molecule has 0 fully saturated rings. The molecule has 5 aromatic rings. The lowest BCUT2D eigenvalue weighted by atomic mass is 9.92. The Morgan fingerprint density at radius 2 is 1.77 bits per heavy atom. The summed E-state index contributed by atoms with van der Waals surface area (Å²) >= 11 is 0. The van der Waals surface area contributed by atoms with E-state index in [0.29, 0.717) is 22.8 Å². The van der Waals surface area contributed by atoms with Gasteiger partial charge in [-0.25, -0.2) is 9.67 Å². The van der Waals surface area contributed by atoms with E-state index in [4.69, 9.17) is 9.84 Å². The summed E-state index contributed by atoms with van der Waals surface area (Å²) in [6.45, 7) is 6.35. The minimum Gasteiger partial charge on any atom is -0.456 e. The van der Waals surface area contributed by atoms with Gasteiger partial charge in [-0.2, -0.15) is 5.10 Å². The van der Waals surface area contributed by atoms with Crippen molar-refractivity contribution in [2.75, 3.05) is 5.32 Å². The van der Waals surface area contributed by atoms with Crippen LogP contribution < -0.4 is 10.1 Å². The summed E-state index contributed by atoms with van der Waals surface area (Å²) in [5.41, 5.74) is 4.83. The fourth-order valence-electron chi connectivity index (χ4n) is 4.92. The van der Waals surface area contributed by atoms with Gasteiger partial charge in [0.15, 0.2) is 0 Å². The largest absolute Gasteiger partial charge is 0.456 e. The molecule has 0 aliphatic carbocycles. The summed E-state index contributed by atoms with van der Waals surface area (Å²) in [4.78, 5) is 34.2. The fraction of sp³-hybridized carbons (Fsp3) is 0.219. The maximum Gasteiger partial charge on any atom is 0.230 e. The molecule has 0 atom stereocenters. The van der Waals surface area contributed by atoms with Crippen LogP contribution in [0.1, 0.15) is 43.3 Å². The second kappa shape index (κ2) is 10.0. The first-order valence-electron chi connectivity index (χ1n) is 13.2. The average Bonchev–Trinajstić information content (AvgIpc) is 3.54. The SMILES string of the molecule is CC(C)(C)c1cc(CC(=O)Cc2ccc(Oc3ccnc4c3CC(=O)N4)c3cccnc23)n(-c2ccccc2)n1. The fourth-order valence-corrected chi connectivity index (χ4v) is 4.92. The summed E-state index contributed by atoms with van der Waals surface area (Å²) in [5.74, 6) is 1.65. The van der Waals surface area contributed by atoms with E-state index in [1.807, 2.05) is 65.3 Å². The Kier molecular flexibility index (Phi) is 6.38. The lowest BCUT2D eigenvalue weighted by molar-refractivity contribution is -0.118. The topological polar surface area (TPSA) is 99.0 Å². The number of rotatable bonds is 7. The van der Waals surface area contributed by atoms with Gasteiger partial charge in [-0.1, -0.05) is 45.0 Å². The van der Waals surface area contributed by atoms with E-state index in [1.54, 1.807) is 18.5 Å². The number of fused-ring (bicyclic) bond motifs is 2. The Labute approximate surface area is 232 Å². The Balaban J connectivity index is 1.28. The number of carbonyl (C=O) groups excluding carboxylic acids is 2. The molecule has 0 bridgehead atoms. The Morgan fingerprint density at radius 1 is 0.950 bits per heavy atom. The molecule has 2 aromatic carbocycles. The molecule has 0 saturated heterocycles. The molecule has 6 rings (SSSR count). The van der Waals surface area contributed by atoms with Crippen molar-refractivity contribution >= 4 is 28.4 Å². The third-order valence-electron chi connectivity index (χ3n) is 6.96. The number of ketones is 1. The number of hydrogen-bond acceptors (Lipinski definition) is 6. The van der Waals surface area contributed by atoms with Gasteiger partial charge in [-0.3, -0.25) is 14.6 Å². The number of anilines is 1. The number of carbonyl (C=O) groups is 2. The minimum absolute atomic E-state index is 0.0645. The first-order valence-corrected chi connectivity index (χ1v) is 13.2. The summed E-state index contributed by atoms with van der Waals surface area (Å²) in [6.07, 6.45) is 4.01. The predicted molar refractivity (Wildman–Crippen MR) is 153 cm³/mol. The minimum atomic E-state index is -0.147. The lowest BCUT2D eigenvalue weighted by Gasteiger charge is -2.14. The van der Waals surface area contributed by atoms with Gasteiger partial charge in [-0.05, 0) is 48.0 Å². The molecule has 0 radical (unpaired) electrons. The first kappa shape index (κ1) is 25.4. The second-order valence-electron chi connectivity index (χ2n) is 11.0. The summed E-state index contributed by atoms with van der Waals surface area (Å²) in [7, 11) is 0. The monoisotopic (exact) mass is 531 g/mol. The lowest BCUT2D eigenvalue weighted by Crippen LogP contribution is -2.13. The van der Waals surface area contributed by atoms with Crippen molar-refractivity contribution in [3.8, 4) is 17.2 Å². The van der Waals surface area contributed by atoms with Crippen molar-refractivity contribution in [1.29, 1.82) is 0 Å². The van der Waals surface area contributed by atoms with Gasteiger partial charge < -0.3 is 10.1 Å². The Hall–Kier alpha value is -4.85. The van der Waals surface area contributed by atoms with Crippen LogP contribution in [0.4, 0.5) is 5.82 Å². The van der Waals surface area contributed by atoms with Gasteiger partial charge in [-0.15, -0.1) is 0 Å². The summed E-state index contributed by atoms with van der Waals surface area (Å²) in [6, 6.07) is 21.2. The molecule has 1 N–H and O–H groups in total. The number of benzene rings is 2. The van der Waals surface area contributed by atoms with Gasteiger partial charge >= 0.3 is 0 Å². The van der Waals surface area contributed by atoms with Crippen LogP contribution in [0.3, 0.4) is 0 Å². The molecule has 8 heteroatoms. The molecular formula is C32H29N5O3. The van der Waals surface area contributed by atoms with Crippen LogP contribution in [-0.4, -0.2) is 31.4 Å².